The molecule has 0 aromatic carbocycles. The van der Waals surface area contributed by atoms with E-state index in [0.29, 0.717) is 0 Å². The molecule has 2 aliphatic carbocycles. The highest BCUT2D eigenvalue weighted by Gasteiger charge is 2.27. The third kappa shape index (κ3) is 3.99. The first kappa shape index (κ1) is 16.3. The van der Waals surface area contributed by atoms with Gasteiger partial charge in [-0.25, -0.2) is 4.74 Å². The predicted molar refractivity (Wildman–Crippen MR) is 90.7 cm³/mol. The first-order valence-electron chi connectivity index (χ1n) is 8.60. The monoisotopic (exact) mass is 289 g/mol. The third-order valence-electron chi connectivity index (χ3n) is 5.29. The molecule has 2 rings (SSSR count). The second-order valence-corrected chi connectivity index (χ2v) is 7.52. The fraction of sp³-hybridized carbons (Fsp3) is 0.737. The summed E-state index contributed by atoms with van der Waals surface area (Å²) in [6.45, 7) is 8.84. The zero-order valence-corrected chi connectivity index (χ0v) is 14.2. The molecule has 0 spiro atoms. The molecule has 0 aromatic rings. The molecule has 118 valence electrons. The minimum Gasteiger partial charge on any atom is -0.623 e. The lowest BCUT2D eigenvalue weighted by Crippen LogP contribution is -2.27. The van der Waals surface area contributed by atoms with Gasteiger partial charge in [-0.2, -0.15) is 0 Å². The summed E-state index contributed by atoms with van der Waals surface area (Å²) in [7, 11) is 0. The van der Waals surface area contributed by atoms with Gasteiger partial charge in [-0.1, -0.05) is 31.9 Å². The quantitative estimate of drug-likeness (QED) is 0.297. The van der Waals surface area contributed by atoms with Gasteiger partial charge in [-0.3, -0.25) is 0 Å². The van der Waals surface area contributed by atoms with Crippen molar-refractivity contribution in [1.82, 2.24) is 0 Å². The number of allylic oxidation sites excluding steroid dienone is 4. The van der Waals surface area contributed by atoms with Crippen LogP contribution in [0.15, 0.2) is 23.3 Å². The number of hydrogen-bond acceptors (Lipinski definition) is 1. The summed E-state index contributed by atoms with van der Waals surface area (Å²) in [6.07, 6.45) is 13.8. The van der Waals surface area contributed by atoms with Gasteiger partial charge in [0.05, 0.1) is 0 Å². The van der Waals surface area contributed by atoms with Gasteiger partial charge in [0.1, 0.15) is 0 Å². The number of rotatable bonds is 3. The molecule has 1 fully saturated rings. The highest BCUT2D eigenvalue weighted by molar-refractivity contribution is 5.89. The maximum absolute atomic E-state index is 12.4. The lowest BCUT2D eigenvalue weighted by molar-refractivity contribution is -0.505. The van der Waals surface area contributed by atoms with Crippen molar-refractivity contribution in [2.75, 3.05) is 0 Å². The normalized spacial score (nSPS) is 25.3. The topological polar surface area (TPSA) is 26.1 Å². The van der Waals surface area contributed by atoms with Crippen molar-refractivity contribution in [2.45, 2.75) is 85.1 Å². The summed E-state index contributed by atoms with van der Waals surface area (Å²) >= 11 is 0. The van der Waals surface area contributed by atoms with Gasteiger partial charge in [0, 0.05) is 25.8 Å². The molecule has 0 amide bonds. The Morgan fingerprint density at radius 3 is 2.48 bits per heavy atom. The van der Waals surface area contributed by atoms with Gasteiger partial charge in [0.25, 0.3) is 0 Å². The molecule has 0 heterocycles. The van der Waals surface area contributed by atoms with Gasteiger partial charge in [0.15, 0.2) is 11.8 Å². The average molecular weight is 289 g/mol. The summed E-state index contributed by atoms with van der Waals surface area (Å²) in [4.78, 5) is 0. The molecule has 0 unspecified atom stereocenters. The Labute approximate surface area is 130 Å². The van der Waals surface area contributed by atoms with E-state index in [9.17, 15) is 5.21 Å². The molecule has 0 bridgehead atoms. The lowest BCUT2D eigenvalue weighted by atomic mass is 9.72. The van der Waals surface area contributed by atoms with E-state index in [4.69, 9.17) is 0 Å². The van der Waals surface area contributed by atoms with Crippen LogP contribution in [0.4, 0.5) is 0 Å². The zero-order valence-electron chi connectivity index (χ0n) is 14.2. The molecule has 0 aliphatic heterocycles. The van der Waals surface area contributed by atoms with E-state index in [1.807, 2.05) is 13.0 Å². The van der Waals surface area contributed by atoms with Crippen molar-refractivity contribution in [3.8, 4) is 0 Å². The predicted octanol–water partition coefficient (Wildman–Crippen LogP) is 5.37. The highest BCUT2D eigenvalue weighted by Crippen LogP contribution is 2.40. The molecular formula is C19H31NO. The number of hydrogen-bond donors (Lipinski definition) is 0. The zero-order chi connectivity index (χ0) is 15.5. The van der Waals surface area contributed by atoms with E-state index in [0.717, 1.165) is 18.6 Å². The van der Waals surface area contributed by atoms with Crippen molar-refractivity contribution < 1.29 is 4.74 Å². The van der Waals surface area contributed by atoms with Crippen molar-refractivity contribution >= 4 is 5.71 Å². The fourth-order valence-electron chi connectivity index (χ4n) is 3.89. The maximum Gasteiger partial charge on any atom is 0.184 e. The Bertz CT molecular complexity index is 462. The molecule has 2 aliphatic rings. The van der Waals surface area contributed by atoms with E-state index < -0.39 is 0 Å². The van der Waals surface area contributed by atoms with Crippen LogP contribution in [0.2, 0.25) is 0 Å². The second-order valence-electron chi connectivity index (χ2n) is 7.52. The lowest BCUT2D eigenvalue weighted by Gasteiger charge is -2.32. The maximum atomic E-state index is 12.4. The van der Waals surface area contributed by atoms with Crippen LogP contribution in [0.5, 0.6) is 0 Å². The van der Waals surface area contributed by atoms with Crippen LogP contribution < -0.4 is 0 Å². The van der Waals surface area contributed by atoms with Gasteiger partial charge < -0.3 is 5.21 Å². The van der Waals surface area contributed by atoms with Gasteiger partial charge >= 0.3 is 0 Å². The van der Waals surface area contributed by atoms with Crippen LogP contribution >= 0.6 is 0 Å². The summed E-state index contributed by atoms with van der Waals surface area (Å²) < 4.78 is 1.27. The standard InChI is InChI=1S/C19H31NO/c1-15-9-8-14-19(3,4)18(15)13-12-16(2)20(21)17-10-6-5-7-11-17/h12-13,17H,5-11,14H2,1-4H3/b13-12+,20-16-. The van der Waals surface area contributed by atoms with Crippen LogP contribution in [0.1, 0.15) is 79.1 Å². The van der Waals surface area contributed by atoms with Crippen LogP contribution in [-0.2, 0) is 0 Å². The largest absolute Gasteiger partial charge is 0.623 e. The van der Waals surface area contributed by atoms with Crippen LogP contribution in [0.25, 0.3) is 0 Å². The minimum absolute atomic E-state index is 0.206. The molecule has 0 aromatic heterocycles. The second kappa shape index (κ2) is 6.81. The molecule has 2 heteroatoms. The Balaban J connectivity index is 2.15. The Morgan fingerprint density at radius 2 is 1.86 bits per heavy atom. The van der Waals surface area contributed by atoms with Gasteiger partial charge in [-0.15, -0.1) is 0 Å². The third-order valence-corrected chi connectivity index (χ3v) is 5.29. The molecule has 21 heavy (non-hydrogen) atoms. The van der Waals surface area contributed by atoms with Crippen molar-refractivity contribution in [3.63, 3.8) is 0 Å². The summed E-state index contributed by atoms with van der Waals surface area (Å²) in [6, 6.07) is 0.206. The summed E-state index contributed by atoms with van der Waals surface area (Å²) in [5.74, 6) is 0. The molecule has 0 saturated heterocycles. The number of hydroxylamine groups is 1. The van der Waals surface area contributed by atoms with E-state index in [2.05, 4.69) is 26.8 Å². The van der Waals surface area contributed by atoms with Crippen molar-refractivity contribution in [1.29, 1.82) is 0 Å². The molecule has 0 N–H and O–H groups in total. The Morgan fingerprint density at radius 1 is 1.19 bits per heavy atom. The van der Waals surface area contributed by atoms with Crippen molar-refractivity contribution in [2.24, 2.45) is 5.41 Å². The van der Waals surface area contributed by atoms with E-state index in [1.165, 1.54) is 54.4 Å². The molecular weight excluding hydrogens is 258 g/mol. The average Bonchev–Trinajstić information content (AvgIpc) is 2.46. The van der Waals surface area contributed by atoms with Crippen LogP contribution in [-0.4, -0.2) is 16.5 Å². The molecule has 2 nitrogen and oxygen atoms in total. The number of nitrogens with zero attached hydrogens (tertiary/aromatic N) is 1. The van der Waals surface area contributed by atoms with Crippen LogP contribution in [0, 0.1) is 10.6 Å². The molecule has 1 saturated carbocycles. The SMILES string of the molecule is CC1=C(/C=C/C(C)=[N+](\[O-])C2CCCCC2)C(C)(C)CCC1. The Kier molecular flexibility index (Phi) is 5.29. The summed E-state index contributed by atoms with van der Waals surface area (Å²) in [5, 5.41) is 12.4. The Hall–Kier alpha value is -1.05. The van der Waals surface area contributed by atoms with E-state index in [1.54, 1.807) is 0 Å². The van der Waals surface area contributed by atoms with Crippen LogP contribution in [0.3, 0.4) is 0 Å². The summed E-state index contributed by atoms with van der Waals surface area (Å²) in [5.41, 5.74) is 4.04. The first-order chi connectivity index (χ1) is 9.92. The van der Waals surface area contributed by atoms with Gasteiger partial charge in [-0.05, 0) is 50.0 Å². The fourth-order valence-corrected chi connectivity index (χ4v) is 3.89. The van der Waals surface area contributed by atoms with E-state index >= 15 is 0 Å². The van der Waals surface area contributed by atoms with Gasteiger partial charge in [0.2, 0.25) is 0 Å². The smallest absolute Gasteiger partial charge is 0.184 e. The van der Waals surface area contributed by atoms with E-state index in [-0.39, 0.29) is 11.5 Å². The first-order valence-corrected chi connectivity index (χ1v) is 8.60. The molecule has 0 radical (unpaired) electrons. The van der Waals surface area contributed by atoms with Crippen molar-refractivity contribution in [3.05, 3.63) is 28.5 Å². The molecule has 0 atom stereocenters. The minimum atomic E-state index is 0.206. The highest BCUT2D eigenvalue weighted by atomic mass is 16.5.